The number of phenols is 1. The van der Waals surface area contributed by atoms with E-state index >= 15 is 0 Å². The van der Waals surface area contributed by atoms with Crippen LogP contribution < -0.4 is 5.32 Å². The highest BCUT2D eigenvalue weighted by Crippen LogP contribution is 2.26. The topological polar surface area (TPSA) is 62.2 Å². The van der Waals surface area contributed by atoms with Crippen molar-refractivity contribution in [2.75, 3.05) is 5.32 Å². The number of nitrogens with zero attached hydrogens (tertiary/aromatic N) is 1. The number of aromatic nitrogens is 1. The van der Waals surface area contributed by atoms with Gasteiger partial charge in [-0.2, -0.15) is 0 Å². The lowest BCUT2D eigenvalue weighted by atomic mass is 10.3. The maximum absolute atomic E-state index is 11.7. The van der Waals surface area contributed by atoms with Gasteiger partial charge < -0.3 is 10.4 Å². The van der Waals surface area contributed by atoms with Gasteiger partial charge in [-0.25, -0.2) is 0 Å². The molecule has 2 aromatic rings. The molecule has 0 aliphatic rings. The number of carbonyl (C=O) groups is 1. The van der Waals surface area contributed by atoms with Crippen LogP contribution in [0.4, 0.5) is 5.69 Å². The maximum atomic E-state index is 11.7. The van der Waals surface area contributed by atoms with Gasteiger partial charge in [-0.1, -0.05) is 6.07 Å². The molecule has 1 amide bonds. The number of aromatic hydroxyl groups is 1. The van der Waals surface area contributed by atoms with Gasteiger partial charge in [0.2, 0.25) is 0 Å². The highest BCUT2D eigenvalue weighted by atomic mass is 79.9. The number of halogens is 1. The lowest BCUT2D eigenvalue weighted by Crippen LogP contribution is -2.13. The molecule has 17 heavy (non-hydrogen) atoms. The van der Waals surface area contributed by atoms with Crippen molar-refractivity contribution in [2.24, 2.45) is 0 Å². The summed E-state index contributed by atoms with van der Waals surface area (Å²) in [5, 5.41) is 12.1. The minimum Gasteiger partial charge on any atom is -0.507 e. The smallest absolute Gasteiger partial charge is 0.274 e. The molecule has 0 aliphatic carbocycles. The van der Waals surface area contributed by atoms with Crippen LogP contribution in [0.5, 0.6) is 5.75 Å². The number of hydrogen-bond acceptors (Lipinski definition) is 3. The molecule has 0 radical (unpaired) electrons. The highest BCUT2D eigenvalue weighted by Gasteiger charge is 2.07. The molecule has 0 atom stereocenters. The molecule has 0 spiro atoms. The Kier molecular flexibility index (Phi) is 3.39. The average molecular weight is 293 g/mol. The molecular formula is C12H9BrN2O2. The largest absolute Gasteiger partial charge is 0.507 e. The summed E-state index contributed by atoms with van der Waals surface area (Å²) in [6.45, 7) is 0. The molecule has 0 aliphatic heterocycles. The minimum absolute atomic E-state index is 0.0730. The van der Waals surface area contributed by atoms with Crippen molar-refractivity contribution in [1.29, 1.82) is 0 Å². The molecular weight excluding hydrogens is 284 g/mol. The fourth-order valence-electron chi connectivity index (χ4n) is 1.28. The van der Waals surface area contributed by atoms with Crippen molar-refractivity contribution in [2.45, 2.75) is 0 Å². The molecule has 0 bridgehead atoms. The van der Waals surface area contributed by atoms with Gasteiger partial charge in [0.1, 0.15) is 11.4 Å². The van der Waals surface area contributed by atoms with E-state index in [0.717, 1.165) is 0 Å². The first kappa shape index (κ1) is 11.6. The van der Waals surface area contributed by atoms with E-state index in [2.05, 4.69) is 26.2 Å². The van der Waals surface area contributed by atoms with Crippen molar-refractivity contribution in [3.8, 4) is 5.75 Å². The number of rotatable bonds is 2. The van der Waals surface area contributed by atoms with Crippen LogP contribution in [0.1, 0.15) is 10.5 Å². The van der Waals surface area contributed by atoms with Crippen LogP contribution in [0.15, 0.2) is 47.1 Å². The van der Waals surface area contributed by atoms with Crippen molar-refractivity contribution in [1.82, 2.24) is 4.98 Å². The van der Waals surface area contributed by atoms with Crippen molar-refractivity contribution >= 4 is 27.5 Å². The molecule has 5 heteroatoms. The van der Waals surface area contributed by atoms with Gasteiger partial charge in [-0.05, 0) is 40.2 Å². The van der Waals surface area contributed by atoms with E-state index < -0.39 is 0 Å². The molecule has 2 N–H and O–H groups in total. The number of anilines is 1. The summed E-state index contributed by atoms with van der Waals surface area (Å²) < 4.78 is 0.577. The number of amides is 1. The third kappa shape index (κ3) is 2.82. The molecule has 4 nitrogen and oxygen atoms in total. The lowest BCUT2D eigenvalue weighted by Gasteiger charge is -2.05. The highest BCUT2D eigenvalue weighted by molar-refractivity contribution is 9.10. The molecule has 0 unspecified atom stereocenters. The minimum atomic E-state index is -0.313. The zero-order valence-corrected chi connectivity index (χ0v) is 10.3. The Balaban J connectivity index is 2.16. The van der Waals surface area contributed by atoms with Crippen LogP contribution in [-0.4, -0.2) is 16.0 Å². The maximum Gasteiger partial charge on any atom is 0.274 e. The Bertz CT molecular complexity index is 543. The number of nitrogens with one attached hydrogen (secondary N) is 1. The Labute approximate surface area is 106 Å². The second-order valence-corrected chi connectivity index (χ2v) is 4.19. The van der Waals surface area contributed by atoms with Gasteiger partial charge >= 0.3 is 0 Å². The standard InChI is InChI=1S/C12H9BrN2O2/c13-9-5-4-8(7-11(9)16)15-12(17)10-3-1-2-6-14-10/h1-7,16H,(H,15,17). The van der Waals surface area contributed by atoms with Crippen LogP contribution in [0.2, 0.25) is 0 Å². The third-order valence-electron chi connectivity index (χ3n) is 2.10. The van der Waals surface area contributed by atoms with Crippen molar-refractivity contribution in [3.63, 3.8) is 0 Å². The summed E-state index contributed by atoms with van der Waals surface area (Å²) in [4.78, 5) is 15.7. The van der Waals surface area contributed by atoms with Crippen LogP contribution in [-0.2, 0) is 0 Å². The van der Waals surface area contributed by atoms with Crippen LogP contribution in [0.3, 0.4) is 0 Å². The third-order valence-corrected chi connectivity index (χ3v) is 2.77. The molecule has 1 heterocycles. The van der Waals surface area contributed by atoms with Gasteiger partial charge in [0.25, 0.3) is 5.91 Å². The first-order valence-electron chi connectivity index (χ1n) is 4.88. The fourth-order valence-corrected chi connectivity index (χ4v) is 1.53. The summed E-state index contributed by atoms with van der Waals surface area (Å²) in [5.41, 5.74) is 0.844. The molecule has 0 fully saturated rings. The van der Waals surface area contributed by atoms with E-state index in [1.165, 1.54) is 6.07 Å². The molecule has 86 valence electrons. The molecule has 2 rings (SSSR count). The first-order chi connectivity index (χ1) is 8.16. The summed E-state index contributed by atoms with van der Waals surface area (Å²) in [5.74, 6) is -0.240. The molecule has 0 saturated heterocycles. The van der Waals surface area contributed by atoms with E-state index in [-0.39, 0.29) is 11.7 Å². The number of phenolic OH excluding ortho intramolecular Hbond substituents is 1. The van der Waals surface area contributed by atoms with Crippen LogP contribution in [0.25, 0.3) is 0 Å². The number of carbonyl (C=O) groups excluding carboxylic acids is 1. The zero-order valence-electron chi connectivity index (χ0n) is 8.72. The van der Waals surface area contributed by atoms with Gasteiger partial charge in [-0.3, -0.25) is 9.78 Å². The monoisotopic (exact) mass is 292 g/mol. The fraction of sp³-hybridized carbons (Fsp3) is 0. The first-order valence-corrected chi connectivity index (χ1v) is 5.67. The summed E-state index contributed by atoms with van der Waals surface area (Å²) >= 11 is 3.17. The molecule has 1 aromatic heterocycles. The van der Waals surface area contributed by atoms with E-state index in [1.54, 1.807) is 36.5 Å². The normalized spacial score (nSPS) is 9.94. The summed E-state index contributed by atoms with van der Waals surface area (Å²) in [6.07, 6.45) is 1.55. The lowest BCUT2D eigenvalue weighted by molar-refractivity contribution is 0.102. The van der Waals surface area contributed by atoms with Crippen LogP contribution >= 0.6 is 15.9 Å². The van der Waals surface area contributed by atoms with E-state index in [0.29, 0.717) is 15.9 Å². The number of pyridine rings is 1. The summed E-state index contributed by atoms with van der Waals surface area (Å²) in [7, 11) is 0. The van der Waals surface area contributed by atoms with Crippen molar-refractivity contribution in [3.05, 3.63) is 52.8 Å². The zero-order chi connectivity index (χ0) is 12.3. The Morgan fingerprint density at radius 1 is 1.29 bits per heavy atom. The predicted molar refractivity (Wildman–Crippen MR) is 68.0 cm³/mol. The quantitative estimate of drug-likeness (QED) is 0.895. The SMILES string of the molecule is O=C(Nc1ccc(Br)c(O)c1)c1ccccn1. The number of hydrogen-bond donors (Lipinski definition) is 2. The molecule has 0 saturated carbocycles. The predicted octanol–water partition coefficient (Wildman–Crippen LogP) is 2.80. The van der Waals surface area contributed by atoms with E-state index in [1.807, 2.05) is 0 Å². The number of benzene rings is 1. The second kappa shape index (κ2) is 4.97. The van der Waals surface area contributed by atoms with Gasteiger partial charge in [0.15, 0.2) is 0 Å². The van der Waals surface area contributed by atoms with Crippen LogP contribution in [0, 0.1) is 0 Å². The van der Waals surface area contributed by atoms with Gasteiger partial charge in [-0.15, -0.1) is 0 Å². The second-order valence-electron chi connectivity index (χ2n) is 3.34. The van der Waals surface area contributed by atoms with E-state index in [4.69, 9.17) is 0 Å². The average Bonchev–Trinajstić information content (AvgIpc) is 2.35. The van der Waals surface area contributed by atoms with Gasteiger partial charge in [0.05, 0.1) is 4.47 Å². The van der Waals surface area contributed by atoms with Crippen molar-refractivity contribution < 1.29 is 9.90 Å². The summed E-state index contributed by atoms with van der Waals surface area (Å²) in [6, 6.07) is 9.90. The Hall–Kier alpha value is -1.88. The Morgan fingerprint density at radius 3 is 2.76 bits per heavy atom. The Morgan fingerprint density at radius 2 is 2.12 bits per heavy atom. The van der Waals surface area contributed by atoms with E-state index in [9.17, 15) is 9.90 Å². The van der Waals surface area contributed by atoms with Gasteiger partial charge in [0, 0.05) is 18.0 Å². The molecule has 1 aromatic carbocycles.